The van der Waals surface area contributed by atoms with Crippen molar-refractivity contribution in [2.75, 3.05) is 48.1 Å². The molecule has 21 heavy (non-hydrogen) atoms. The number of rotatable bonds is 4. The number of nitrogens with zero attached hydrogens (tertiary/aromatic N) is 5. The first-order valence-electron chi connectivity index (χ1n) is 7.64. The van der Waals surface area contributed by atoms with E-state index in [1.165, 1.54) is 12.8 Å². The highest BCUT2D eigenvalue weighted by molar-refractivity contribution is 5.46. The van der Waals surface area contributed by atoms with E-state index in [-0.39, 0.29) is 0 Å². The number of hydrazine groups is 1. The Balaban J connectivity index is 1.90. The summed E-state index contributed by atoms with van der Waals surface area (Å²) in [5.74, 6) is 7.34. The van der Waals surface area contributed by atoms with Crippen molar-refractivity contribution in [1.29, 1.82) is 0 Å². The van der Waals surface area contributed by atoms with Crippen LogP contribution >= 0.6 is 0 Å². The first-order chi connectivity index (χ1) is 10.3. The zero-order valence-electron chi connectivity index (χ0n) is 12.5. The van der Waals surface area contributed by atoms with E-state index in [0.717, 1.165) is 26.1 Å². The van der Waals surface area contributed by atoms with E-state index in [1.54, 1.807) is 0 Å². The Hall–Kier alpha value is -1.67. The fraction of sp³-hybridized carbons (Fsp3) is 0.769. The summed E-state index contributed by atoms with van der Waals surface area (Å²) < 4.78 is 5.55. The van der Waals surface area contributed by atoms with Crippen LogP contribution in [-0.4, -0.2) is 53.8 Å². The second-order valence-electron chi connectivity index (χ2n) is 5.43. The first-order valence-corrected chi connectivity index (χ1v) is 7.64. The van der Waals surface area contributed by atoms with Gasteiger partial charge in [0.2, 0.25) is 17.8 Å². The topological polar surface area (TPSA) is 92.4 Å². The quantitative estimate of drug-likeness (QED) is 0.608. The lowest BCUT2D eigenvalue weighted by molar-refractivity contribution is 0.0921. The van der Waals surface area contributed by atoms with Gasteiger partial charge in [-0.05, 0) is 19.3 Å². The van der Waals surface area contributed by atoms with Crippen LogP contribution in [0, 0.1) is 0 Å². The Bertz CT molecular complexity index is 478. The van der Waals surface area contributed by atoms with Crippen LogP contribution in [0.3, 0.4) is 0 Å². The molecule has 0 radical (unpaired) electrons. The Morgan fingerprint density at radius 1 is 1.19 bits per heavy atom. The van der Waals surface area contributed by atoms with Gasteiger partial charge in [-0.3, -0.25) is 5.43 Å². The van der Waals surface area contributed by atoms with Crippen LogP contribution in [0.1, 0.15) is 26.2 Å². The van der Waals surface area contributed by atoms with Gasteiger partial charge < -0.3 is 14.5 Å². The third kappa shape index (κ3) is 3.01. The Labute approximate surface area is 124 Å². The molecule has 1 atom stereocenters. The highest BCUT2D eigenvalue weighted by atomic mass is 16.5. The molecule has 0 saturated carbocycles. The van der Waals surface area contributed by atoms with Crippen LogP contribution in [0.15, 0.2) is 0 Å². The molecule has 0 bridgehead atoms. The second kappa shape index (κ2) is 6.40. The van der Waals surface area contributed by atoms with Crippen LogP contribution in [-0.2, 0) is 4.74 Å². The van der Waals surface area contributed by atoms with E-state index in [1.807, 2.05) is 0 Å². The third-order valence-corrected chi connectivity index (χ3v) is 4.09. The summed E-state index contributed by atoms with van der Waals surface area (Å²) in [4.78, 5) is 17.9. The van der Waals surface area contributed by atoms with Gasteiger partial charge in [0.05, 0.1) is 19.3 Å². The number of hydrogen-bond donors (Lipinski definition) is 2. The molecule has 0 aliphatic carbocycles. The molecule has 3 N–H and O–H groups in total. The summed E-state index contributed by atoms with van der Waals surface area (Å²) in [5, 5.41) is 0. The Morgan fingerprint density at radius 2 is 1.95 bits per heavy atom. The predicted molar refractivity (Wildman–Crippen MR) is 81.3 cm³/mol. The molecule has 3 heterocycles. The molecule has 8 heteroatoms. The average molecular weight is 293 g/mol. The minimum absolute atomic E-state index is 0.304. The number of nitrogen functional groups attached to an aromatic ring is 1. The average Bonchev–Trinajstić information content (AvgIpc) is 3.09. The summed E-state index contributed by atoms with van der Waals surface area (Å²) in [6.07, 6.45) is 3.36. The summed E-state index contributed by atoms with van der Waals surface area (Å²) >= 11 is 0. The molecule has 2 aliphatic rings. The van der Waals surface area contributed by atoms with Crippen LogP contribution in [0.5, 0.6) is 0 Å². The number of aromatic nitrogens is 3. The van der Waals surface area contributed by atoms with Gasteiger partial charge >= 0.3 is 0 Å². The largest absolute Gasteiger partial charge is 0.377 e. The number of nitrogens with one attached hydrogen (secondary N) is 1. The molecule has 116 valence electrons. The molecular weight excluding hydrogens is 270 g/mol. The predicted octanol–water partition coefficient (Wildman–Crippen LogP) is 0.373. The SMILES string of the molecule is CCC1COCCN1c1nc(NN)nc(N2CCCC2)n1. The number of ether oxygens (including phenoxy) is 1. The minimum Gasteiger partial charge on any atom is -0.377 e. The molecule has 1 unspecified atom stereocenters. The molecule has 3 rings (SSSR count). The van der Waals surface area contributed by atoms with E-state index in [9.17, 15) is 0 Å². The fourth-order valence-electron chi connectivity index (χ4n) is 2.86. The zero-order chi connectivity index (χ0) is 14.7. The van der Waals surface area contributed by atoms with Gasteiger partial charge in [0.25, 0.3) is 0 Å². The second-order valence-corrected chi connectivity index (χ2v) is 5.43. The van der Waals surface area contributed by atoms with E-state index in [2.05, 4.69) is 37.1 Å². The normalized spacial score (nSPS) is 22.7. The zero-order valence-corrected chi connectivity index (χ0v) is 12.5. The van der Waals surface area contributed by atoms with E-state index >= 15 is 0 Å². The lowest BCUT2D eigenvalue weighted by Crippen LogP contribution is -2.46. The van der Waals surface area contributed by atoms with Crippen molar-refractivity contribution in [1.82, 2.24) is 15.0 Å². The van der Waals surface area contributed by atoms with E-state index in [4.69, 9.17) is 10.6 Å². The van der Waals surface area contributed by atoms with Gasteiger partial charge in [-0.1, -0.05) is 6.92 Å². The molecule has 2 fully saturated rings. The van der Waals surface area contributed by atoms with Gasteiger partial charge in [-0.25, -0.2) is 5.84 Å². The van der Waals surface area contributed by atoms with Crippen LogP contribution in [0.25, 0.3) is 0 Å². The first kappa shape index (κ1) is 14.3. The van der Waals surface area contributed by atoms with Crippen LogP contribution in [0.2, 0.25) is 0 Å². The molecule has 0 aromatic carbocycles. The molecule has 0 amide bonds. The smallest absolute Gasteiger partial charge is 0.243 e. The maximum atomic E-state index is 5.55. The number of nitrogens with two attached hydrogens (primary N) is 1. The summed E-state index contributed by atoms with van der Waals surface area (Å²) in [7, 11) is 0. The van der Waals surface area contributed by atoms with Gasteiger partial charge in [0.15, 0.2) is 0 Å². The van der Waals surface area contributed by atoms with Crippen molar-refractivity contribution in [3.05, 3.63) is 0 Å². The molecule has 8 nitrogen and oxygen atoms in total. The summed E-state index contributed by atoms with van der Waals surface area (Å²) in [6.45, 7) is 6.35. The van der Waals surface area contributed by atoms with E-state index < -0.39 is 0 Å². The highest BCUT2D eigenvalue weighted by Gasteiger charge is 2.26. The minimum atomic E-state index is 0.304. The molecular formula is C13H23N7O. The maximum Gasteiger partial charge on any atom is 0.243 e. The molecule has 2 aliphatic heterocycles. The summed E-state index contributed by atoms with van der Waals surface area (Å²) in [5.41, 5.74) is 2.56. The van der Waals surface area contributed by atoms with Gasteiger partial charge in [-0.2, -0.15) is 15.0 Å². The van der Waals surface area contributed by atoms with Crippen LogP contribution in [0.4, 0.5) is 17.8 Å². The molecule has 0 spiro atoms. The van der Waals surface area contributed by atoms with Crippen molar-refractivity contribution in [2.45, 2.75) is 32.2 Å². The van der Waals surface area contributed by atoms with Crippen molar-refractivity contribution < 1.29 is 4.74 Å². The lowest BCUT2D eigenvalue weighted by Gasteiger charge is -2.35. The number of morpholine rings is 1. The van der Waals surface area contributed by atoms with Crippen molar-refractivity contribution >= 4 is 17.8 Å². The lowest BCUT2D eigenvalue weighted by atomic mass is 10.2. The van der Waals surface area contributed by atoms with Crippen LogP contribution < -0.4 is 21.1 Å². The molecule has 1 aromatic rings. The van der Waals surface area contributed by atoms with Crippen molar-refractivity contribution in [3.63, 3.8) is 0 Å². The Kier molecular flexibility index (Phi) is 4.35. The highest BCUT2D eigenvalue weighted by Crippen LogP contribution is 2.23. The standard InChI is InChI=1S/C13H23N7O/c1-2-10-9-21-8-7-20(10)13-16-11(18-14)15-12(17-13)19-5-3-4-6-19/h10H,2-9,14H2,1H3,(H,15,16,17,18). The van der Waals surface area contributed by atoms with Gasteiger partial charge in [0.1, 0.15) is 0 Å². The summed E-state index contributed by atoms with van der Waals surface area (Å²) in [6, 6.07) is 0.304. The van der Waals surface area contributed by atoms with Crippen molar-refractivity contribution in [3.8, 4) is 0 Å². The monoisotopic (exact) mass is 293 g/mol. The third-order valence-electron chi connectivity index (χ3n) is 4.09. The van der Waals surface area contributed by atoms with Gasteiger partial charge in [0, 0.05) is 19.6 Å². The number of anilines is 3. The van der Waals surface area contributed by atoms with Gasteiger partial charge in [-0.15, -0.1) is 0 Å². The maximum absolute atomic E-state index is 5.55. The Morgan fingerprint density at radius 3 is 2.67 bits per heavy atom. The number of hydrogen-bond acceptors (Lipinski definition) is 8. The van der Waals surface area contributed by atoms with E-state index in [0.29, 0.717) is 37.1 Å². The fourth-order valence-corrected chi connectivity index (χ4v) is 2.86. The molecule has 2 saturated heterocycles. The molecule has 1 aromatic heterocycles. The van der Waals surface area contributed by atoms with Crippen molar-refractivity contribution in [2.24, 2.45) is 5.84 Å².